The maximum Gasteiger partial charge on any atom is 0.132 e. The number of carbonyl (C=O) groups is 1. The zero-order chi connectivity index (χ0) is 17.5. The molecule has 0 aliphatic carbocycles. The highest BCUT2D eigenvalue weighted by molar-refractivity contribution is 5.82. The van der Waals surface area contributed by atoms with Gasteiger partial charge in [0.1, 0.15) is 11.6 Å². The van der Waals surface area contributed by atoms with Gasteiger partial charge >= 0.3 is 0 Å². The number of nitrogens with one attached hydrogen (secondary N) is 1. The highest BCUT2D eigenvalue weighted by Gasteiger charge is 2.05. The first-order valence-corrected chi connectivity index (χ1v) is 9.17. The van der Waals surface area contributed by atoms with Crippen molar-refractivity contribution in [2.24, 2.45) is 0 Å². The van der Waals surface area contributed by atoms with Crippen LogP contribution >= 0.6 is 0 Å². The summed E-state index contributed by atoms with van der Waals surface area (Å²) in [6.07, 6.45) is 10.5. The topological polar surface area (TPSA) is 58.6 Å². The summed E-state index contributed by atoms with van der Waals surface area (Å²) >= 11 is 0. The third kappa shape index (κ3) is 4.75. The average molecular weight is 335 g/mol. The molecule has 0 fully saturated rings. The fraction of sp³-hybridized carbons (Fsp3) is 0.381. The minimum Gasteiger partial charge on any atom is -0.342 e. The lowest BCUT2D eigenvalue weighted by Crippen LogP contribution is -1.94. The predicted octanol–water partition coefficient (Wildman–Crippen LogP) is 5.10. The Kier molecular flexibility index (Phi) is 5.94. The number of benzene rings is 1. The Labute approximate surface area is 148 Å². The normalized spacial score (nSPS) is 11.1. The van der Waals surface area contributed by atoms with Gasteiger partial charge in [0.2, 0.25) is 0 Å². The monoisotopic (exact) mass is 335 g/mol. The standard InChI is InChI=1S/C21H25N3O/c1-2-18(25)10-5-3-4-6-12-21-23-15-20(24-21)17-13-16-9-7-8-11-19(16)22-14-17/h7-9,11,13-15H,2-6,10,12H2,1H3,(H,23,24). The summed E-state index contributed by atoms with van der Waals surface area (Å²) in [4.78, 5) is 23.7. The lowest BCUT2D eigenvalue weighted by molar-refractivity contribution is -0.118. The van der Waals surface area contributed by atoms with E-state index >= 15 is 0 Å². The van der Waals surface area contributed by atoms with Crippen LogP contribution in [0, 0.1) is 0 Å². The van der Waals surface area contributed by atoms with Crippen LogP contribution in [-0.4, -0.2) is 20.7 Å². The molecule has 2 heterocycles. The molecule has 2 aromatic heterocycles. The number of aryl methyl sites for hydroxylation is 1. The number of hydrogen-bond acceptors (Lipinski definition) is 3. The molecule has 0 aliphatic rings. The molecule has 0 aliphatic heterocycles. The smallest absolute Gasteiger partial charge is 0.132 e. The minimum absolute atomic E-state index is 0.375. The van der Waals surface area contributed by atoms with Crippen LogP contribution in [0.15, 0.2) is 42.7 Å². The molecular formula is C21H25N3O. The Morgan fingerprint density at radius 2 is 1.88 bits per heavy atom. The maximum atomic E-state index is 11.3. The van der Waals surface area contributed by atoms with Gasteiger partial charge in [-0.3, -0.25) is 9.78 Å². The number of pyridine rings is 1. The second-order valence-electron chi connectivity index (χ2n) is 6.47. The van der Waals surface area contributed by atoms with Crippen molar-refractivity contribution in [3.8, 4) is 11.3 Å². The number of unbranched alkanes of at least 4 members (excludes halogenated alkanes) is 3. The van der Waals surface area contributed by atoms with Crippen molar-refractivity contribution < 1.29 is 4.79 Å². The zero-order valence-electron chi connectivity index (χ0n) is 14.8. The second kappa shape index (κ2) is 8.56. The summed E-state index contributed by atoms with van der Waals surface area (Å²) in [5, 5.41) is 1.14. The van der Waals surface area contributed by atoms with E-state index < -0.39 is 0 Å². The van der Waals surface area contributed by atoms with Gasteiger partial charge in [0.05, 0.1) is 17.4 Å². The second-order valence-corrected chi connectivity index (χ2v) is 6.47. The number of aromatic nitrogens is 3. The summed E-state index contributed by atoms with van der Waals surface area (Å²) in [6.45, 7) is 1.93. The van der Waals surface area contributed by atoms with Crippen molar-refractivity contribution in [2.45, 2.75) is 51.9 Å². The van der Waals surface area contributed by atoms with Crippen LogP contribution in [0.25, 0.3) is 22.2 Å². The highest BCUT2D eigenvalue weighted by Crippen LogP contribution is 2.21. The summed E-state index contributed by atoms with van der Waals surface area (Å²) in [6, 6.07) is 10.3. The third-order valence-corrected chi connectivity index (χ3v) is 4.54. The van der Waals surface area contributed by atoms with E-state index in [-0.39, 0.29) is 0 Å². The zero-order valence-corrected chi connectivity index (χ0v) is 14.8. The van der Waals surface area contributed by atoms with Crippen LogP contribution in [0.2, 0.25) is 0 Å². The molecule has 4 nitrogen and oxygen atoms in total. The molecule has 0 atom stereocenters. The van der Waals surface area contributed by atoms with Gasteiger partial charge in [-0.2, -0.15) is 0 Å². The van der Waals surface area contributed by atoms with E-state index in [1.165, 1.54) is 0 Å². The maximum absolute atomic E-state index is 11.3. The quantitative estimate of drug-likeness (QED) is 0.554. The number of aromatic amines is 1. The molecule has 0 unspecified atom stereocenters. The van der Waals surface area contributed by atoms with E-state index in [2.05, 4.69) is 27.1 Å². The molecule has 4 heteroatoms. The van der Waals surface area contributed by atoms with Crippen molar-refractivity contribution in [2.75, 3.05) is 0 Å². The predicted molar refractivity (Wildman–Crippen MR) is 101 cm³/mol. The van der Waals surface area contributed by atoms with E-state index in [0.717, 1.165) is 66.5 Å². The Balaban J connectivity index is 1.51. The Morgan fingerprint density at radius 1 is 1.04 bits per heavy atom. The minimum atomic E-state index is 0.375. The SMILES string of the molecule is CCC(=O)CCCCCCc1ncc(-c2cnc3ccccc3c2)[nH]1. The molecule has 3 aromatic rings. The van der Waals surface area contributed by atoms with Crippen molar-refractivity contribution in [1.82, 2.24) is 15.0 Å². The Morgan fingerprint density at radius 3 is 2.76 bits per heavy atom. The van der Waals surface area contributed by atoms with Gasteiger partial charge in [-0.05, 0) is 25.0 Å². The number of ketones is 1. The molecule has 0 radical (unpaired) electrons. The fourth-order valence-corrected chi connectivity index (χ4v) is 3.00. The largest absolute Gasteiger partial charge is 0.342 e. The lowest BCUT2D eigenvalue weighted by Gasteiger charge is -2.01. The number of rotatable bonds is 9. The van der Waals surface area contributed by atoms with E-state index in [1.807, 2.05) is 37.5 Å². The summed E-state index contributed by atoms with van der Waals surface area (Å²) < 4.78 is 0. The van der Waals surface area contributed by atoms with E-state index in [0.29, 0.717) is 12.2 Å². The van der Waals surface area contributed by atoms with E-state index in [1.54, 1.807) is 0 Å². The molecule has 1 N–H and O–H groups in total. The third-order valence-electron chi connectivity index (χ3n) is 4.54. The molecule has 1 aromatic carbocycles. The van der Waals surface area contributed by atoms with Crippen molar-refractivity contribution in [3.63, 3.8) is 0 Å². The molecule has 25 heavy (non-hydrogen) atoms. The number of hydrogen-bond donors (Lipinski definition) is 1. The van der Waals surface area contributed by atoms with Crippen LogP contribution in [-0.2, 0) is 11.2 Å². The van der Waals surface area contributed by atoms with Crippen molar-refractivity contribution in [3.05, 3.63) is 48.5 Å². The number of nitrogens with zero attached hydrogens (tertiary/aromatic N) is 2. The van der Waals surface area contributed by atoms with E-state index in [4.69, 9.17) is 0 Å². The molecule has 0 spiro atoms. The van der Waals surface area contributed by atoms with Gasteiger partial charge in [-0.25, -0.2) is 4.98 Å². The fourth-order valence-electron chi connectivity index (χ4n) is 3.00. The van der Waals surface area contributed by atoms with Crippen molar-refractivity contribution in [1.29, 1.82) is 0 Å². The summed E-state index contributed by atoms with van der Waals surface area (Å²) in [5.41, 5.74) is 3.09. The number of carbonyl (C=O) groups excluding carboxylic acids is 1. The van der Waals surface area contributed by atoms with Crippen LogP contribution in [0.4, 0.5) is 0 Å². The molecule has 3 rings (SSSR count). The number of H-pyrrole nitrogens is 1. The molecule has 130 valence electrons. The summed E-state index contributed by atoms with van der Waals surface area (Å²) in [7, 11) is 0. The van der Waals surface area contributed by atoms with E-state index in [9.17, 15) is 4.79 Å². The Bertz CT molecular complexity index is 838. The lowest BCUT2D eigenvalue weighted by atomic mass is 10.1. The van der Waals surface area contributed by atoms with Crippen LogP contribution in [0.1, 0.15) is 51.3 Å². The summed E-state index contributed by atoms with van der Waals surface area (Å²) in [5.74, 6) is 1.40. The average Bonchev–Trinajstić information content (AvgIpc) is 3.12. The van der Waals surface area contributed by atoms with Crippen LogP contribution in [0.3, 0.4) is 0 Å². The van der Waals surface area contributed by atoms with Gasteiger partial charge in [-0.1, -0.05) is 38.0 Å². The van der Waals surface area contributed by atoms with Gasteiger partial charge in [0.15, 0.2) is 0 Å². The first kappa shape index (κ1) is 17.3. The number of para-hydroxylation sites is 1. The van der Waals surface area contributed by atoms with Gasteiger partial charge in [0, 0.05) is 36.4 Å². The van der Waals surface area contributed by atoms with Crippen LogP contribution in [0.5, 0.6) is 0 Å². The molecule has 0 saturated heterocycles. The van der Waals surface area contributed by atoms with Gasteiger partial charge in [-0.15, -0.1) is 0 Å². The van der Waals surface area contributed by atoms with Crippen molar-refractivity contribution >= 4 is 16.7 Å². The highest BCUT2D eigenvalue weighted by atomic mass is 16.1. The van der Waals surface area contributed by atoms with Gasteiger partial charge in [0.25, 0.3) is 0 Å². The molecular weight excluding hydrogens is 310 g/mol. The number of Topliss-reactive ketones (excluding diaryl/α,β-unsaturated/α-hetero) is 1. The Hall–Kier alpha value is -2.49. The molecule has 0 bridgehead atoms. The van der Waals surface area contributed by atoms with Gasteiger partial charge < -0.3 is 4.98 Å². The molecule has 0 amide bonds. The number of fused-ring (bicyclic) bond motifs is 1. The first-order chi connectivity index (χ1) is 12.3. The van der Waals surface area contributed by atoms with Crippen LogP contribution < -0.4 is 0 Å². The number of imidazole rings is 1. The molecule has 0 saturated carbocycles. The first-order valence-electron chi connectivity index (χ1n) is 9.17.